The van der Waals surface area contributed by atoms with E-state index >= 15 is 0 Å². The summed E-state index contributed by atoms with van der Waals surface area (Å²) in [4.78, 5) is 0. The van der Waals surface area contributed by atoms with Crippen molar-refractivity contribution < 1.29 is 71.4 Å². The fourth-order valence-electron chi connectivity index (χ4n) is 15.9. The van der Waals surface area contributed by atoms with Crippen LogP contribution in [0.5, 0.6) is 0 Å². The van der Waals surface area contributed by atoms with Crippen LogP contribution in [0.25, 0.3) is 0 Å². The van der Waals surface area contributed by atoms with E-state index in [2.05, 4.69) is 101 Å². The van der Waals surface area contributed by atoms with Crippen molar-refractivity contribution in [1.82, 2.24) is 0 Å². The van der Waals surface area contributed by atoms with Gasteiger partial charge in [-0.3, -0.25) is 0 Å². The smallest absolute Gasteiger partial charge is 0.174 e. The monoisotopic (exact) mass is 1260 g/mol. The number of fused-ring (bicyclic) bond motifs is 5. The summed E-state index contributed by atoms with van der Waals surface area (Å²) in [5, 5.41) is 12.5. The molecule has 5 aromatic carbocycles. The van der Waals surface area contributed by atoms with Gasteiger partial charge in [0.1, 0.15) is 23.9 Å². The summed E-state index contributed by atoms with van der Waals surface area (Å²) in [6, 6.07) is 51.4. The third-order valence-electron chi connectivity index (χ3n) is 21.1. The lowest BCUT2D eigenvalue weighted by atomic mass is 9.76. The molecule has 496 valence electrons. The Morgan fingerprint density at radius 2 is 1.03 bits per heavy atom. The fourth-order valence-corrected chi connectivity index (χ4v) is 15.9. The molecule has 1 N–H and O–H groups in total. The summed E-state index contributed by atoms with van der Waals surface area (Å²) < 4.78 is 100. The van der Waals surface area contributed by atoms with Crippen LogP contribution < -0.4 is 0 Å². The topological polar surface area (TPSA) is 149 Å². The Hall–Kier alpha value is -4.92. The zero-order valence-corrected chi connectivity index (χ0v) is 54.8. The summed E-state index contributed by atoms with van der Waals surface area (Å²) in [5.41, 5.74) is 4.41. The number of aliphatic hydroxyl groups is 1. The summed E-state index contributed by atoms with van der Waals surface area (Å²) in [6.07, 6.45) is -1.09. The van der Waals surface area contributed by atoms with E-state index in [1.54, 1.807) is 0 Å². The van der Waals surface area contributed by atoms with Gasteiger partial charge in [-0.15, -0.1) is 0 Å². The van der Waals surface area contributed by atoms with Crippen LogP contribution in [0, 0.1) is 23.7 Å². The van der Waals surface area contributed by atoms with E-state index in [1.165, 1.54) is 0 Å². The Labute approximate surface area is 544 Å². The van der Waals surface area contributed by atoms with Gasteiger partial charge < -0.3 is 71.4 Å². The van der Waals surface area contributed by atoms with Crippen molar-refractivity contribution in [1.29, 1.82) is 0 Å². The van der Waals surface area contributed by atoms with E-state index < -0.39 is 90.4 Å². The van der Waals surface area contributed by atoms with Crippen molar-refractivity contribution in [2.45, 2.75) is 248 Å². The van der Waals surface area contributed by atoms with Crippen molar-refractivity contribution in [3.8, 4) is 0 Å². The molecule has 1 spiro atoms. The minimum absolute atomic E-state index is 0.0164. The standard InChI is InChI=1S/C77H98O15/c1-49-33-60(78)61(36-58-35-50(2)72(83-46-57-31-21-12-22-32-57)74-73(85-58)51(3)52(4)77(92-74)41-59(47-84-77)80-43-54-25-15-9-16-26-54)86-65-40-71-76(7,91-66(65)34-49)70(82-45-56-29-19-11-20-30-56)39-64-63(88-71)38-68-67(89-75(5,6)90-68)37-62(81-44-55-27-17-10-18-28-55)69(87-64)48-79-42-53-23-13-8-14-24-53/h8-32,35,49-52,59-74,78H,33-34,36-48H2,1-7H3/t49-,50-,51+,52+,59+,60+,61-,62-,63+,64-,65+,66-,67+,68-,69+,70-,71-,72+,73-,74+,76+,77-/m1/s1. The second kappa shape index (κ2) is 29.2. The highest BCUT2D eigenvalue weighted by Crippen LogP contribution is 2.52. The lowest BCUT2D eigenvalue weighted by Gasteiger charge is -2.52. The van der Waals surface area contributed by atoms with Crippen molar-refractivity contribution in [2.24, 2.45) is 23.7 Å². The van der Waals surface area contributed by atoms with Gasteiger partial charge in [-0.25, -0.2) is 0 Å². The molecule has 0 amide bonds. The SMILES string of the molecule is C[C@@H]1C[C@H](O)[C@@H](CC2=C[C@@H](C)[C@H](OCc3ccccc3)[C@@H]3O[C@]4(C[C@H](OCc5ccccc5)CO4)[C@@H](C)[C@H](C)[C@H]3O2)O[C@H]2C[C@H]3O[C@H]4C[C@H]5OC(C)(C)O[C@H]5C[C@@H](OCc5ccccc5)[C@H](COCc5ccccc5)O[C@@H]4C[C@@H](OCc4ccccc4)[C@]3(C)O[C@@H]2C1. The highest BCUT2D eigenvalue weighted by atomic mass is 16.8. The first-order chi connectivity index (χ1) is 44.6. The molecule has 5 aromatic rings. The maximum Gasteiger partial charge on any atom is 0.174 e. The molecule has 13 rings (SSSR count). The molecular formula is C77H98O15. The molecule has 7 saturated heterocycles. The van der Waals surface area contributed by atoms with E-state index in [-0.39, 0.29) is 54.7 Å². The average Bonchev–Trinajstić information content (AvgIpc) is 1.50. The summed E-state index contributed by atoms with van der Waals surface area (Å²) in [6.45, 7) is 17.8. The number of benzene rings is 5. The van der Waals surface area contributed by atoms with Crippen LogP contribution in [0.1, 0.15) is 128 Å². The lowest BCUT2D eigenvalue weighted by molar-refractivity contribution is -0.337. The minimum atomic E-state index is -0.963. The Morgan fingerprint density at radius 1 is 0.500 bits per heavy atom. The fraction of sp³-hybridized carbons (Fsp3) is 0.584. The number of rotatable bonds is 18. The molecule has 7 fully saturated rings. The van der Waals surface area contributed by atoms with Gasteiger partial charge in [0.05, 0.1) is 131 Å². The van der Waals surface area contributed by atoms with Crippen molar-refractivity contribution in [3.63, 3.8) is 0 Å². The highest BCUT2D eigenvalue weighted by Gasteiger charge is 2.61. The van der Waals surface area contributed by atoms with Crippen LogP contribution in [0.2, 0.25) is 0 Å². The maximum absolute atomic E-state index is 12.5. The van der Waals surface area contributed by atoms with Crippen LogP contribution in [0.4, 0.5) is 0 Å². The molecule has 0 unspecified atom stereocenters. The third kappa shape index (κ3) is 15.3. The number of aliphatic hydroxyl groups excluding tert-OH is 1. The normalized spacial score (nSPS) is 38.6. The Balaban J connectivity index is 0.788. The average molecular weight is 1260 g/mol. The first-order valence-corrected chi connectivity index (χ1v) is 34.2. The molecule has 0 aromatic heterocycles. The van der Waals surface area contributed by atoms with E-state index in [0.717, 1.165) is 33.6 Å². The largest absolute Gasteiger partial charge is 0.492 e. The molecule has 0 saturated carbocycles. The van der Waals surface area contributed by atoms with Gasteiger partial charge >= 0.3 is 0 Å². The molecular weight excluding hydrogens is 1160 g/mol. The number of hydrogen-bond donors (Lipinski definition) is 1. The summed E-state index contributed by atoms with van der Waals surface area (Å²) in [5.74, 6) is -1.14. The molecule has 8 aliphatic rings. The van der Waals surface area contributed by atoms with Gasteiger partial charge in [-0.2, -0.15) is 0 Å². The quantitative estimate of drug-likeness (QED) is 0.0886. The number of hydrogen-bond acceptors (Lipinski definition) is 15. The second-order valence-electron chi connectivity index (χ2n) is 28.4. The van der Waals surface area contributed by atoms with Gasteiger partial charge in [0.15, 0.2) is 11.6 Å². The Kier molecular flexibility index (Phi) is 20.9. The summed E-state index contributed by atoms with van der Waals surface area (Å²) in [7, 11) is 0. The zero-order chi connectivity index (χ0) is 63.4. The predicted molar refractivity (Wildman–Crippen MR) is 345 cm³/mol. The molecule has 0 radical (unpaired) electrons. The third-order valence-corrected chi connectivity index (χ3v) is 21.1. The zero-order valence-electron chi connectivity index (χ0n) is 54.8. The molecule has 0 bridgehead atoms. The van der Waals surface area contributed by atoms with Crippen LogP contribution >= 0.6 is 0 Å². The molecule has 15 heteroatoms. The lowest BCUT2D eigenvalue weighted by Crippen LogP contribution is -2.63. The van der Waals surface area contributed by atoms with Crippen LogP contribution in [0.3, 0.4) is 0 Å². The van der Waals surface area contributed by atoms with Crippen LogP contribution in [0.15, 0.2) is 163 Å². The van der Waals surface area contributed by atoms with Gasteiger partial charge in [-0.05, 0) is 73.4 Å². The van der Waals surface area contributed by atoms with E-state index in [9.17, 15) is 5.11 Å². The van der Waals surface area contributed by atoms with Crippen LogP contribution in [-0.2, 0) is 99.4 Å². The van der Waals surface area contributed by atoms with E-state index in [0.29, 0.717) is 91.0 Å². The second-order valence-corrected chi connectivity index (χ2v) is 28.4. The Morgan fingerprint density at radius 3 is 1.66 bits per heavy atom. The Bertz CT molecular complexity index is 3120. The highest BCUT2D eigenvalue weighted by molar-refractivity contribution is 5.19. The van der Waals surface area contributed by atoms with Gasteiger partial charge in [0, 0.05) is 56.3 Å². The van der Waals surface area contributed by atoms with E-state index in [4.69, 9.17) is 66.3 Å². The molecule has 92 heavy (non-hydrogen) atoms. The van der Waals surface area contributed by atoms with Gasteiger partial charge in [0.25, 0.3) is 0 Å². The van der Waals surface area contributed by atoms with Gasteiger partial charge in [-0.1, -0.05) is 179 Å². The number of ether oxygens (including phenoxy) is 14. The predicted octanol–water partition coefficient (Wildman–Crippen LogP) is 13.0. The van der Waals surface area contributed by atoms with Crippen LogP contribution in [-0.4, -0.2) is 133 Å². The van der Waals surface area contributed by atoms with Crippen molar-refractivity contribution in [3.05, 3.63) is 191 Å². The first-order valence-electron chi connectivity index (χ1n) is 34.2. The molecule has 0 aliphatic carbocycles. The van der Waals surface area contributed by atoms with Crippen molar-refractivity contribution in [2.75, 3.05) is 13.2 Å². The van der Waals surface area contributed by atoms with Crippen molar-refractivity contribution >= 4 is 0 Å². The molecule has 22 atom stereocenters. The first kappa shape index (κ1) is 65.7. The minimum Gasteiger partial charge on any atom is -0.492 e. The molecule has 8 aliphatic heterocycles. The van der Waals surface area contributed by atoms with E-state index in [1.807, 2.05) is 105 Å². The molecule has 8 heterocycles. The summed E-state index contributed by atoms with van der Waals surface area (Å²) >= 11 is 0. The maximum atomic E-state index is 12.5. The molecule has 15 nitrogen and oxygen atoms in total. The van der Waals surface area contributed by atoms with Gasteiger partial charge in [0.2, 0.25) is 0 Å².